The molecular formula is C20H23N3O4S. The summed E-state index contributed by atoms with van der Waals surface area (Å²) in [6.07, 6.45) is 0.570. The average molecular weight is 401 g/mol. The summed E-state index contributed by atoms with van der Waals surface area (Å²) in [6.45, 7) is 1.84. The minimum Gasteiger partial charge on any atom is -0.296 e. The van der Waals surface area contributed by atoms with Gasteiger partial charge in [-0.15, -0.1) is 0 Å². The minimum absolute atomic E-state index is 0.0261. The molecule has 3 aromatic rings. The van der Waals surface area contributed by atoms with E-state index in [1.807, 2.05) is 37.3 Å². The normalized spacial score (nSPS) is 13.2. The predicted octanol–water partition coefficient (Wildman–Crippen LogP) is 1.49. The zero-order valence-electron chi connectivity index (χ0n) is 16.3. The Kier molecular flexibility index (Phi) is 5.27. The van der Waals surface area contributed by atoms with Gasteiger partial charge in [-0.1, -0.05) is 30.3 Å². The van der Waals surface area contributed by atoms with Gasteiger partial charge >= 0.3 is 5.69 Å². The Labute approximate surface area is 163 Å². The highest BCUT2D eigenvalue weighted by molar-refractivity contribution is 7.89. The van der Waals surface area contributed by atoms with Gasteiger partial charge in [0.15, 0.2) is 0 Å². The van der Waals surface area contributed by atoms with E-state index in [1.54, 1.807) is 7.05 Å². The summed E-state index contributed by atoms with van der Waals surface area (Å²) in [7, 11) is 0.651. The van der Waals surface area contributed by atoms with Gasteiger partial charge in [0.1, 0.15) is 0 Å². The number of sulfonamides is 1. The van der Waals surface area contributed by atoms with E-state index >= 15 is 0 Å². The Bertz CT molecular complexity index is 1240. The predicted molar refractivity (Wildman–Crippen MR) is 109 cm³/mol. The first kappa shape index (κ1) is 20.0. The third kappa shape index (κ3) is 3.41. The molecule has 0 radical (unpaired) electrons. The second-order valence-electron chi connectivity index (χ2n) is 6.94. The van der Waals surface area contributed by atoms with Crippen LogP contribution in [0.1, 0.15) is 12.5 Å². The average Bonchev–Trinajstić information content (AvgIpc) is 2.70. The van der Waals surface area contributed by atoms with E-state index in [2.05, 4.69) is 0 Å². The lowest BCUT2D eigenvalue weighted by Gasteiger charge is -2.24. The van der Waals surface area contributed by atoms with Crippen molar-refractivity contribution in [2.75, 3.05) is 7.05 Å². The Morgan fingerprint density at radius 3 is 2.29 bits per heavy atom. The van der Waals surface area contributed by atoms with Crippen molar-refractivity contribution in [1.82, 2.24) is 13.4 Å². The van der Waals surface area contributed by atoms with Crippen LogP contribution >= 0.6 is 0 Å². The summed E-state index contributed by atoms with van der Waals surface area (Å²) in [5, 5.41) is 0.190. The topological polar surface area (TPSA) is 81.4 Å². The highest BCUT2D eigenvalue weighted by Gasteiger charge is 2.26. The van der Waals surface area contributed by atoms with Crippen LogP contribution in [0.15, 0.2) is 63.0 Å². The molecule has 1 heterocycles. The van der Waals surface area contributed by atoms with Gasteiger partial charge in [-0.3, -0.25) is 13.9 Å². The first-order chi connectivity index (χ1) is 13.1. The van der Waals surface area contributed by atoms with Gasteiger partial charge < -0.3 is 0 Å². The maximum atomic E-state index is 13.1. The van der Waals surface area contributed by atoms with Crippen molar-refractivity contribution in [3.63, 3.8) is 0 Å². The van der Waals surface area contributed by atoms with E-state index in [0.29, 0.717) is 11.9 Å². The van der Waals surface area contributed by atoms with Crippen LogP contribution in [0.2, 0.25) is 0 Å². The molecule has 0 spiro atoms. The molecule has 2 aromatic carbocycles. The van der Waals surface area contributed by atoms with Gasteiger partial charge in [0.05, 0.1) is 15.8 Å². The number of fused-ring (bicyclic) bond motifs is 1. The summed E-state index contributed by atoms with van der Waals surface area (Å²) in [5.41, 5.74) is 0.461. The van der Waals surface area contributed by atoms with Crippen molar-refractivity contribution in [3.8, 4) is 0 Å². The van der Waals surface area contributed by atoms with Gasteiger partial charge in [0.25, 0.3) is 5.56 Å². The van der Waals surface area contributed by atoms with Gasteiger partial charge in [0, 0.05) is 27.2 Å². The van der Waals surface area contributed by atoms with Crippen LogP contribution in [0.5, 0.6) is 0 Å². The Morgan fingerprint density at radius 2 is 1.64 bits per heavy atom. The number of hydrogen-bond acceptors (Lipinski definition) is 4. The summed E-state index contributed by atoms with van der Waals surface area (Å²) in [4.78, 5) is 24.5. The van der Waals surface area contributed by atoms with Crippen molar-refractivity contribution in [2.45, 2.75) is 24.3 Å². The van der Waals surface area contributed by atoms with Crippen molar-refractivity contribution in [3.05, 3.63) is 74.9 Å². The SMILES string of the molecule is C[C@H](Cc1ccccc1)N(C)S(=O)(=O)c1ccc2c(c1)c(=O)n(C)c(=O)n2C. The molecule has 28 heavy (non-hydrogen) atoms. The maximum absolute atomic E-state index is 13.1. The second kappa shape index (κ2) is 7.37. The molecule has 148 valence electrons. The summed E-state index contributed by atoms with van der Waals surface area (Å²) < 4.78 is 29.8. The van der Waals surface area contributed by atoms with Crippen molar-refractivity contribution in [2.24, 2.45) is 14.1 Å². The Hall–Kier alpha value is -2.71. The zero-order chi connectivity index (χ0) is 20.6. The number of rotatable bonds is 5. The monoisotopic (exact) mass is 401 g/mol. The van der Waals surface area contributed by atoms with Crippen LogP contribution in [0.4, 0.5) is 0 Å². The summed E-state index contributed by atoms with van der Waals surface area (Å²) in [6, 6.07) is 13.7. The van der Waals surface area contributed by atoms with Gasteiger partial charge in [-0.2, -0.15) is 4.31 Å². The zero-order valence-corrected chi connectivity index (χ0v) is 17.1. The first-order valence-corrected chi connectivity index (χ1v) is 10.3. The molecule has 0 aliphatic heterocycles. The fourth-order valence-electron chi connectivity index (χ4n) is 3.22. The van der Waals surface area contributed by atoms with E-state index in [4.69, 9.17) is 0 Å². The third-order valence-corrected chi connectivity index (χ3v) is 7.08. The highest BCUT2D eigenvalue weighted by Crippen LogP contribution is 2.21. The van der Waals surface area contributed by atoms with Gasteiger partial charge in [0.2, 0.25) is 10.0 Å². The standard InChI is InChI=1S/C20H23N3O4S/c1-14(12-15-8-6-5-7-9-15)23(4)28(26,27)16-10-11-18-17(13-16)19(24)22(3)20(25)21(18)2/h5-11,13-14H,12H2,1-4H3/t14-/m1/s1. The fourth-order valence-corrected chi connectivity index (χ4v) is 4.61. The molecule has 8 heteroatoms. The Balaban J connectivity index is 2.02. The lowest BCUT2D eigenvalue weighted by atomic mass is 10.1. The van der Waals surface area contributed by atoms with E-state index < -0.39 is 21.3 Å². The lowest BCUT2D eigenvalue weighted by molar-refractivity contribution is 0.387. The molecule has 0 aliphatic carbocycles. The van der Waals surface area contributed by atoms with E-state index in [1.165, 1.54) is 41.2 Å². The van der Waals surface area contributed by atoms with Crippen LogP contribution in [0, 0.1) is 0 Å². The highest BCUT2D eigenvalue weighted by atomic mass is 32.2. The van der Waals surface area contributed by atoms with Crippen molar-refractivity contribution in [1.29, 1.82) is 0 Å². The van der Waals surface area contributed by atoms with Gasteiger partial charge in [-0.25, -0.2) is 13.2 Å². The molecule has 1 aromatic heterocycles. The number of aryl methyl sites for hydroxylation is 1. The molecule has 0 unspecified atom stereocenters. The van der Waals surface area contributed by atoms with Crippen molar-refractivity contribution >= 4 is 20.9 Å². The molecule has 1 atom stereocenters. The quantitative estimate of drug-likeness (QED) is 0.649. The number of aromatic nitrogens is 2. The second-order valence-corrected chi connectivity index (χ2v) is 8.94. The van der Waals surface area contributed by atoms with E-state index in [9.17, 15) is 18.0 Å². The molecular weight excluding hydrogens is 378 g/mol. The molecule has 0 aliphatic rings. The molecule has 0 saturated carbocycles. The van der Waals surface area contributed by atoms with Crippen LogP contribution < -0.4 is 11.2 Å². The third-order valence-electron chi connectivity index (χ3n) is 5.11. The molecule has 7 nitrogen and oxygen atoms in total. The van der Waals surface area contributed by atoms with E-state index in [0.717, 1.165) is 10.1 Å². The number of benzene rings is 2. The molecule has 0 bridgehead atoms. The maximum Gasteiger partial charge on any atom is 0.330 e. The first-order valence-electron chi connectivity index (χ1n) is 8.86. The smallest absolute Gasteiger partial charge is 0.296 e. The summed E-state index contributed by atoms with van der Waals surface area (Å²) in [5.74, 6) is 0. The van der Waals surface area contributed by atoms with Gasteiger partial charge in [-0.05, 0) is 37.1 Å². The van der Waals surface area contributed by atoms with E-state index in [-0.39, 0.29) is 16.3 Å². The van der Waals surface area contributed by atoms with Crippen LogP contribution in [0.3, 0.4) is 0 Å². The minimum atomic E-state index is -3.80. The van der Waals surface area contributed by atoms with Crippen molar-refractivity contribution < 1.29 is 8.42 Å². The fraction of sp³-hybridized carbons (Fsp3) is 0.300. The number of nitrogens with zero attached hydrogens (tertiary/aromatic N) is 3. The van der Waals surface area contributed by atoms with Crippen LogP contribution in [-0.4, -0.2) is 34.9 Å². The number of hydrogen-bond donors (Lipinski definition) is 0. The molecule has 0 fully saturated rings. The van der Waals surface area contributed by atoms with Crippen LogP contribution in [-0.2, 0) is 30.5 Å². The summed E-state index contributed by atoms with van der Waals surface area (Å²) >= 11 is 0. The number of likely N-dealkylation sites (N-methyl/N-ethyl adjacent to an activating group) is 1. The molecule has 3 rings (SSSR count). The molecule has 0 amide bonds. The largest absolute Gasteiger partial charge is 0.330 e. The molecule has 0 saturated heterocycles. The molecule has 0 N–H and O–H groups in total. The lowest BCUT2D eigenvalue weighted by Crippen LogP contribution is -2.38. The Morgan fingerprint density at radius 1 is 1.00 bits per heavy atom. The van der Waals surface area contributed by atoms with Crippen LogP contribution in [0.25, 0.3) is 10.9 Å².